The van der Waals surface area contributed by atoms with Crippen LogP contribution in [0.4, 0.5) is 4.79 Å². The first-order valence-corrected chi connectivity index (χ1v) is 10.7. The molecule has 0 aliphatic rings. The number of urea groups is 1. The molecule has 3 rings (SSSR count). The molecule has 0 fully saturated rings. The van der Waals surface area contributed by atoms with Crippen LogP contribution in [0, 0.1) is 20.8 Å². The third kappa shape index (κ3) is 5.64. The van der Waals surface area contributed by atoms with Crippen molar-refractivity contribution in [3.05, 3.63) is 44.9 Å². The van der Waals surface area contributed by atoms with Crippen molar-refractivity contribution in [1.82, 2.24) is 25.4 Å². The van der Waals surface area contributed by atoms with Crippen LogP contribution in [0.5, 0.6) is 0 Å². The predicted molar refractivity (Wildman–Crippen MR) is 112 cm³/mol. The Morgan fingerprint density at radius 3 is 2.70 bits per heavy atom. The fraction of sp³-hybridized carbons (Fsp3) is 0.421. The Bertz CT molecular complexity index is 896. The summed E-state index contributed by atoms with van der Waals surface area (Å²) in [7, 11) is 0. The number of aryl methyl sites for hydroxylation is 4. The SMILES string of the molecule is Cc1cc(C)n(CCCNC(=O)NCCc2ccc(-c3csc(C)n3)s2)n1. The highest BCUT2D eigenvalue weighted by atomic mass is 32.1. The van der Waals surface area contributed by atoms with Gasteiger partial charge in [0.15, 0.2) is 0 Å². The Kier molecular flexibility index (Phi) is 6.63. The largest absolute Gasteiger partial charge is 0.338 e. The van der Waals surface area contributed by atoms with Crippen LogP contribution in [0.25, 0.3) is 10.6 Å². The van der Waals surface area contributed by atoms with E-state index >= 15 is 0 Å². The highest BCUT2D eigenvalue weighted by Gasteiger charge is 2.07. The van der Waals surface area contributed by atoms with Gasteiger partial charge in [-0.05, 0) is 51.8 Å². The summed E-state index contributed by atoms with van der Waals surface area (Å²) in [6, 6.07) is 6.16. The highest BCUT2D eigenvalue weighted by Crippen LogP contribution is 2.29. The first-order chi connectivity index (χ1) is 13.0. The van der Waals surface area contributed by atoms with Crippen LogP contribution in [0.3, 0.4) is 0 Å². The van der Waals surface area contributed by atoms with Crippen molar-refractivity contribution < 1.29 is 4.79 Å². The van der Waals surface area contributed by atoms with Crippen molar-refractivity contribution in [2.45, 2.75) is 40.2 Å². The van der Waals surface area contributed by atoms with Crippen molar-refractivity contribution in [1.29, 1.82) is 0 Å². The molecule has 0 bridgehead atoms. The molecule has 0 unspecified atom stereocenters. The quantitative estimate of drug-likeness (QED) is 0.560. The van der Waals surface area contributed by atoms with E-state index in [0.29, 0.717) is 13.1 Å². The molecule has 144 valence electrons. The molecule has 0 aliphatic carbocycles. The summed E-state index contributed by atoms with van der Waals surface area (Å²) < 4.78 is 1.98. The number of rotatable bonds is 8. The lowest BCUT2D eigenvalue weighted by atomic mass is 10.3. The maximum atomic E-state index is 11.9. The minimum atomic E-state index is -0.115. The van der Waals surface area contributed by atoms with Crippen LogP contribution in [-0.4, -0.2) is 33.9 Å². The van der Waals surface area contributed by atoms with Gasteiger partial charge in [0.25, 0.3) is 0 Å². The fourth-order valence-electron chi connectivity index (χ4n) is 2.82. The Morgan fingerprint density at radius 1 is 1.19 bits per heavy atom. The minimum absolute atomic E-state index is 0.115. The molecule has 2 amide bonds. The number of carbonyl (C=O) groups is 1. The molecule has 2 N–H and O–H groups in total. The Labute approximate surface area is 167 Å². The number of aromatic nitrogens is 3. The van der Waals surface area contributed by atoms with Gasteiger partial charge < -0.3 is 10.6 Å². The van der Waals surface area contributed by atoms with Crippen molar-refractivity contribution in [2.24, 2.45) is 0 Å². The van der Waals surface area contributed by atoms with Gasteiger partial charge in [-0.25, -0.2) is 9.78 Å². The summed E-state index contributed by atoms with van der Waals surface area (Å²) in [6.07, 6.45) is 1.68. The Morgan fingerprint density at radius 2 is 2.00 bits per heavy atom. The summed E-state index contributed by atoms with van der Waals surface area (Å²) in [6.45, 7) is 8.13. The maximum absolute atomic E-state index is 11.9. The highest BCUT2D eigenvalue weighted by molar-refractivity contribution is 7.16. The summed E-state index contributed by atoms with van der Waals surface area (Å²) in [4.78, 5) is 18.8. The number of hydrogen-bond donors (Lipinski definition) is 2. The van der Waals surface area contributed by atoms with E-state index in [1.54, 1.807) is 22.7 Å². The molecule has 27 heavy (non-hydrogen) atoms. The zero-order valence-corrected chi connectivity index (χ0v) is 17.5. The number of carbonyl (C=O) groups excluding carboxylic acids is 1. The number of amides is 2. The van der Waals surface area contributed by atoms with Crippen molar-refractivity contribution in [3.63, 3.8) is 0 Å². The third-order valence-electron chi connectivity index (χ3n) is 4.13. The first kappa shape index (κ1) is 19.6. The van der Waals surface area contributed by atoms with Crippen LogP contribution in [-0.2, 0) is 13.0 Å². The van der Waals surface area contributed by atoms with E-state index in [1.165, 1.54) is 9.75 Å². The van der Waals surface area contributed by atoms with Gasteiger partial charge in [-0.15, -0.1) is 22.7 Å². The third-order valence-corrected chi connectivity index (χ3v) is 6.07. The lowest BCUT2D eigenvalue weighted by molar-refractivity contribution is 0.240. The normalized spacial score (nSPS) is 10.9. The lowest BCUT2D eigenvalue weighted by Gasteiger charge is -2.08. The Hall–Kier alpha value is -2.19. The number of hydrogen-bond acceptors (Lipinski definition) is 5. The zero-order chi connectivity index (χ0) is 19.2. The molecule has 0 spiro atoms. The van der Waals surface area contributed by atoms with Crippen molar-refractivity contribution in [2.75, 3.05) is 13.1 Å². The number of nitrogens with zero attached hydrogens (tertiary/aromatic N) is 3. The van der Waals surface area contributed by atoms with E-state index in [0.717, 1.165) is 41.5 Å². The molecule has 0 atom stereocenters. The van der Waals surface area contributed by atoms with E-state index in [2.05, 4.69) is 44.3 Å². The van der Waals surface area contributed by atoms with E-state index in [9.17, 15) is 4.79 Å². The average molecular weight is 404 g/mol. The van der Waals surface area contributed by atoms with Crippen LogP contribution < -0.4 is 10.6 Å². The molecule has 3 aromatic rings. The van der Waals surface area contributed by atoms with E-state index in [-0.39, 0.29) is 6.03 Å². The van der Waals surface area contributed by atoms with Gasteiger partial charge in [0, 0.05) is 35.6 Å². The van der Waals surface area contributed by atoms with Gasteiger partial charge >= 0.3 is 6.03 Å². The zero-order valence-electron chi connectivity index (χ0n) is 15.9. The van der Waals surface area contributed by atoms with Gasteiger partial charge in [-0.2, -0.15) is 5.10 Å². The number of nitrogens with one attached hydrogen (secondary N) is 2. The van der Waals surface area contributed by atoms with Crippen LogP contribution in [0.2, 0.25) is 0 Å². The van der Waals surface area contributed by atoms with Gasteiger partial charge in [0.1, 0.15) is 0 Å². The van der Waals surface area contributed by atoms with Crippen LogP contribution in [0.1, 0.15) is 27.7 Å². The van der Waals surface area contributed by atoms with Gasteiger partial charge in [0.05, 0.1) is 21.3 Å². The fourth-order valence-corrected chi connectivity index (χ4v) is 4.48. The van der Waals surface area contributed by atoms with Gasteiger partial charge in [-0.3, -0.25) is 4.68 Å². The van der Waals surface area contributed by atoms with E-state index < -0.39 is 0 Å². The van der Waals surface area contributed by atoms with Gasteiger partial charge in [0.2, 0.25) is 0 Å². The smallest absolute Gasteiger partial charge is 0.314 e. The van der Waals surface area contributed by atoms with E-state index in [4.69, 9.17) is 0 Å². The Balaban J connectivity index is 1.33. The summed E-state index contributed by atoms with van der Waals surface area (Å²) >= 11 is 3.40. The standard InChI is InChI=1S/C19H25N5OS2/c1-13-11-14(2)24(23-13)10-4-8-20-19(25)21-9-7-16-5-6-18(27-16)17-12-26-15(3)22-17/h5-6,11-12H,4,7-10H2,1-3H3,(H2,20,21,25). The van der Waals surface area contributed by atoms with Crippen molar-refractivity contribution >= 4 is 28.7 Å². The lowest BCUT2D eigenvalue weighted by Crippen LogP contribution is -2.37. The molecule has 0 aromatic carbocycles. The molecular weight excluding hydrogens is 378 g/mol. The second-order valence-electron chi connectivity index (χ2n) is 6.45. The van der Waals surface area contributed by atoms with Crippen molar-refractivity contribution in [3.8, 4) is 10.6 Å². The molecular formula is C19H25N5OS2. The second kappa shape index (κ2) is 9.14. The topological polar surface area (TPSA) is 71.8 Å². The maximum Gasteiger partial charge on any atom is 0.314 e. The summed E-state index contributed by atoms with van der Waals surface area (Å²) in [5, 5.41) is 13.4. The predicted octanol–water partition coefficient (Wildman–Crippen LogP) is 3.93. The number of thiazole rings is 1. The minimum Gasteiger partial charge on any atom is -0.338 e. The molecule has 0 aliphatic heterocycles. The molecule has 0 saturated heterocycles. The summed E-state index contributed by atoms with van der Waals surface area (Å²) in [5.41, 5.74) is 3.22. The summed E-state index contributed by atoms with van der Waals surface area (Å²) in [5.74, 6) is 0. The van der Waals surface area contributed by atoms with Crippen LogP contribution in [0.15, 0.2) is 23.6 Å². The van der Waals surface area contributed by atoms with Gasteiger partial charge in [-0.1, -0.05) is 0 Å². The molecule has 8 heteroatoms. The molecule has 6 nitrogen and oxygen atoms in total. The van der Waals surface area contributed by atoms with E-state index in [1.807, 2.05) is 25.5 Å². The molecule has 0 saturated carbocycles. The monoisotopic (exact) mass is 403 g/mol. The average Bonchev–Trinajstić information content (AvgIpc) is 3.32. The molecule has 3 aromatic heterocycles. The second-order valence-corrected chi connectivity index (χ2v) is 8.68. The van der Waals surface area contributed by atoms with Crippen LogP contribution >= 0.6 is 22.7 Å². The number of thiophene rings is 1. The molecule has 0 radical (unpaired) electrons. The first-order valence-electron chi connectivity index (χ1n) is 9.05. The molecule has 3 heterocycles.